The number of nitrogens with one attached hydrogen (secondary N) is 2. The predicted molar refractivity (Wildman–Crippen MR) is 142 cm³/mol. The largest absolute Gasteiger partial charge is 0.404 e. The standard InChI is InChI=1S/C25H28F8N4O5S2/c1-5-14(25(31,32)33)36-44(41,42)13-7-6-12(15(16(13)26)19(27)28)18-17(22(39)37-10-24(29,30)8-11(37)2)35-21(43-18)20(38)34-9-23(3,4)40/h6-7,11,14,19,36,40H,5,8-10H2,1-4H3,(H,34,38)/t11-,14-/m0/s1. The van der Waals surface area contributed by atoms with Gasteiger partial charge in [0.15, 0.2) is 10.8 Å². The first-order valence-corrected chi connectivity index (χ1v) is 15.2. The lowest BCUT2D eigenvalue weighted by molar-refractivity contribution is -0.151. The van der Waals surface area contributed by atoms with E-state index in [1.54, 1.807) is 0 Å². The zero-order chi connectivity index (χ0) is 33.6. The first kappa shape index (κ1) is 35.6. The lowest BCUT2D eigenvalue weighted by atomic mass is 10.0. The molecule has 1 aromatic carbocycles. The summed E-state index contributed by atoms with van der Waals surface area (Å²) >= 11 is 0.277. The zero-order valence-corrected chi connectivity index (χ0v) is 25.2. The van der Waals surface area contributed by atoms with E-state index in [-0.39, 0.29) is 17.9 Å². The van der Waals surface area contributed by atoms with Crippen molar-refractivity contribution in [1.82, 2.24) is 19.9 Å². The molecule has 0 radical (unpaired) electrons. The number of sulfonamides is 1. The molecule has 3 N–H and O–H groups in total. The molecular weight excluding hydrogens is 652 g/mol. The molecule has 44 heavy (non-hydrogen) atoms. The molecule has 2 heterocycles. The highest BCUT2D eigenvalue weighted by molar-refractivity contribution is 7.89. The molecule has 0 unspecified atom stereocenters. The van der Waals surface area contributed by atoms with Crippen LogP contribution in [0, 0.1) is 5.82 Å². The van der Waals surface area contributed by atoms with E-state index < -0.39 is 115 Å². The number of benzene rings is 1. The summed E-state index contributed by atoms with van der Waals surface area (Å²) in [5, 5.41) is 11.6. The number of aromatic nitrogens is 1. The van der Waals surface area contributed by atoms with Crippen molar-refractivity contribution < 1.29 is 58.2 Å². The van der Waals surface area contributed by atoms with E-state index in [0.29, 0.717) is 17.0 Å². The van der Waals surface area contributed by atoms with Crippen molar-refractivity contribution in [2.24, 2.45) is 0 Å². The first-order chi connectivity index (χ1) is 20.0. The van der Waals surface area contributed by atoms with Gasteiger partial charge in [0.1, 0.15) is 16.6 Å². The molecule has 0 bridgehead atoms. The minimum Gasteiger partial charge on any atom is -0.389 e. The summed E-state index contributed by atoms with van der Waals surface area (Å²) in [7, 11) is -5.37. The predicted octanol–water partition coefficient (Wildman–Crippen LogP) is 4.88. The maximum absolute atomic E-state index is 15.5. The van der Waals surface area contributed by atoms with E-state index in [0.717, 1.165) is 6.92 Å². The quantitative estimate of drug-likeness (QED) is 0.307. The van der Waals surface area contributed by atoms with E-state index in [1.165, 1.54) is 25.5 Å². The molecule has 2 atom stereocenters. The normalized spacial score (nSPS) is 18.1. The van der Waals surface area contributed by atoms with Gasteiger partial charge >= 0.3 is 6.18 Å². The van der Waals surface area contributed by atoms with Crippen molar-refractivity contribution in [3.63, 3.8) is 0 Å². The van der Waals surface area contributed by atoms with Crippen LogP contribution in [0.4, 0.5) is 35.1 Å². The first-order valence-electron chi connectivity index (χ1n) is 12.9. The molecule has 3 rings (SSSR count). The van der Waals surface area contributed by atoms with E-state index in [4.69, 9.17) is 0 Å². The number of carbonyl (C=O) groups is 2. The molecule has 1 aromatic heterocycles. The van der Waals surface area contributed by atoms with Gasteiger partial charge < -0.3 is 15.3 Å². The fraction of sp³-hybridized carbons (Fsp3) is 0.560. The number of nitrogens with zero attached hydrogens (tertiary/aromatic N) is 2. The third kappa shape index (κ3) is 7.84. The number of likely N-dealkylation sites (tertiary alicyclic amines) is 1. The molecular formula is C25H28F8N4O5S2. The van der Waals surface area contributed by atoms with Crippen LogP contribution in [-0.2, 0) is 10.0 Å². The van der Waals surface area contributed by atoms with E-state index in [1.807, 2.05) is 0 Å². The number of amides is 2. The molecule has 2 aromatic rings. The summed E-state index contributed by atoms with van der Waals surface area (Å²) in [5.74, 6) is -7.69. The van der Waals surface area contributed by atoms with Crippen LogP contribution in [0.3, 0.4) is 0 Å². The topological polar surface area (TPSA) is 129 Å². The highest BCUT2D eigenvalue weighted by Gasteiger charge is 2.47. The van der Waals surface area contributed by atoms with Crippen molar-refractivity contribution in [2.45, 2.75) is 81.6 Å². The zero-order valence-electron chi connectivity index (χ0n) is 23.5. The van der Waals surface area contributed by atoms with Crippen LogP contribution in [-0.4, -0.2) is 78.1 Å². The molecule has 9 nitrogen and oxygen atoms in total. The summed E-state index contributed by atoms with van der Waals surface area (Å²) < 4.78 is 139. The smallest absolute Gasteiger partial charge is 0.389 e. The van der Waals surface area contributed by atoms with Gasteiger partial charge in [0.2, 0.25) is 10.0 Å². The van der Waals surface area contributed by atoms with E-state index >= 15 is 4.39 Å². The minimum atomic E-state index is -5.37. The van der Waals surface area contributed by atoms with Crippen molar-refractivity contribution in [2.75, 3.05) is 13.1 Å². The van der Waals surface area contributed by atoms with Crippen LogP contribution in [0.2, 0.25) is 0 Å². The van der Waals surface area contributed by atoms with Crippen molar-refractivity contribution in [1.29, 1.82) is 0 Å². The number of rotatable bonds is 10. The molecule has 1 fully saturated rings. The summed E-state index contributed by atoms with van der Waals surface area (Å²) in [4.78, 5) is 28.5. The van der Waals surface area contributed by atoms with Gasteiger partial charge in [-0.1, -0.05) is 13.0 Å². The number of alkyl halides is 7. The molecule has 246 valence electrons. The minimum absolute atomic E-state index is 0.277. The number of carbonyl (C=O) groups excluding carboxylic acids is 2. The van der Waals surface area contributed by atoms with Crippen LogP contribution < -0.4 is 10.0 Å². The third-order valence-electron chi connectivity index (χ3n) is 6.49. The van der Waals surface area contributed by atoms with Crippen LogP contribution in [0.5, 0.6) is 0 Å². The Morgan fingerprint density at radius 3 is 2.32 bits per heavy atom. The van der Waals surface area contributed by atoms with Crippen molar-refractivity contribution in [3.8, 4) is 10.4 Å². The maximum atomic E-state index is 15.5. The highest BCUT2D eigenvalue weighted by atomic mass is 32.2. The fourth-order valence-corrected chi connectivity index (χ4v) is 6.77. The van der Waals surface area contributed by atoms with Gasteiger partial charge in [-0.2, -0.15) is 17.9 Å². The van der Waals surface area contributed by atoms with Crippen LogP contribution in [0.1, 0.15) is 72.8 Å². The average molecular weight is 681 g/mol. The molecule has 0 spiro atoms. The van der Waals surface area contributed by atoms with Gasteiger partial charge in [-0.3, -0.25) is 9.59 Å². The second-order valence-corrected chi connectivity index (χ2v) is 13.5. The Morgan fingerprint density at radius 2 is 1.84 bits per heavy atom. The van der Waals surface area contributed by atoms with Crippen LogP contribution >= 0.6 is 11.3 Å². The lowest BCUT2D eigenvalue weighted by Crippen LogP contribution is -2.45. The fourth-order valence-electron chi connectivity index (χ4n) is 4.36. The second kappa shape index (κ2) is 12.5. The van der Waals surface area contributed by atoms with Gasteiger partial charge in [0.25, 0.3) is 24.2 Å². The third-order valence-corrected chi connectivity index (χ3v) is 9.07. The molecule has 0 saturated carbocycles. The Bertz CT molecular complexity index is 1520. The number of thiazole rings is 1. The van der Waals surface area contributed by atoms with Gasteiger partial charge in [0, 0.05) is 24.6 Å². The Kier molecular flexibility index (Phi) is 10.1. The SMILES string of the molecule is CC[C@H](NS(=O)(=O)c1ccc(-c2sc(C(=O)NCC(C)(C)O)nc2C(=O)N2CC(F)(F)C[C@@H]2C)c(C(F)F)c1F)C(F)(F)F. The molecule has 1 aliphatic heterocycles. The second-order valence-electron chi connectivity index (χ2n) is 10.8. The van der Waals surface area contributed by atoms with Gasteiger partial charge in [0.05, 0.1) is 22.6 Å². The summed E-state index contributed by atoms with van der Waals surface area (Å²) in [6, 6.07) is -2.74. The molecule has 19 heteroatoms. The summed E-state index contributed by atoms with van der Waals surface area (Å²) in [6.07, 6.45) is -10.4. The summed E-state index contributed by atoms with van der Waals surface area (Å²) in [6.45, 7) is 3.52. The average Bonchev–Trinajstić information content (AvgIpc) is 3.43. The summed E-state index contributed by atoms with van der Waals surface area (Å²) in [5.41, 5.74) is -4.71. The molecule has 2 amide bonds. The Labute approximate surface area is 250 Å². The van der Waals surface area contributed by atoms with Crippen LogP contribution in [0.25, 0.3) is 10.4 Å². The van der Waals surface area contributed by atoms with Gasteiger partial charge in [-0.15, -0.1) is 11.3 Å². The monoisotopic (exact) mass is 680 g/mol. The number of halogens is 8. The molecule has 1 saturated heterocycles. The molecule has 1 aliphatic rings. The number of hydrogen-bond acceptors (Lipinski definition) is 7. The van der Waals surface area contributed by atoms with Crippen molar-refractivity contribution >= 4 is 33.2 Å². The Balaban J connectivity index is 2.20. The van der Waals surface area contributed by atoms with Crippen LogP contribution in [0.15, 0.2) is 17.0 Å². The number of hydrogen-bond donors (Lipinski definition) is 3. The maximum Gasteiger partial charge on any atom is 0.404 e. The van der Waals surface area contributed by atoms with Gasteiger partial charge in [-0.05, 0) is 33.3 Å². The Morgan fingerprint density at radius 1 is 1.23 bits per heavy atom. The lowest BCUT2D eigenvalue weighted by Gasteiger charge is -2.22. The van der Waals surface area contributed by atoms with E-state index in [2.05, 4.69) is 10.3 Å². The number of aliphatic hydroxyl groups is 1. The Hall–Kier alpha value is -2.90. The highest BCUT2D eigenvalue weighted by Crippen LogP contribution is 2.42. The van der Waals surface area contributed by atoms with E-state index in [9.17, 15) is 53.8 Å². The molecule has 0 aliphatic carbocycles. The van der Waals surface area contributed by atoms with Gasteiger partial charge in [-0.25, -0.2) is 35.4 Å². The van der Waals surface area contributed by atoms with Crippen molar-refractivity contribution in [3.05, 3.63) is 34.2 Å².